The molecule has 0 aliphatic heterocycles. The van der Waals surface area contributed by atoms with Gasteiger partial charge in [-0.2, -0.15) is 4.80 Å². The third-order valence-electron chi connectivity index (χ3n) is 4.15. The van der Waals surface area contributed by atoms with Crippen LogP contribution in [0.5, 0.6) is 0 Å². The zero-order valence-corrected chi connectivity index (χ0v) is 15.4. The minimum absolute atomic E-state index is 0.0401. The average molecular weight is 364 g/mol. The molecule has 0 saturated carbocycles. The topological polar surface area (TPSA) is 84.7 Å². The summed E-state index contributed by atoms with van der Waals surface area (Å²) in [6, 6.07) is 17.7. The van der Waals surface area contributed by atoms with Gasteiger partial charge in [-0.3, -0.25) is 4.79 Å². The van der Waals surface area contributed by atoms with E-state index in [4.69, 9.17) is 0 Å². The maximum absolute atomic E-state index is 11.8. The largest absolute Gasteiger partial charge is 0.326 e. The maximum Gasteiger partial charge on any atom is 0.224 e. The summed E-state index contributed by atoms with van der Waals surface area (Å²) in [5.74, 6) is 0.671. The first-order valence-electron chi connectivity index (χ1n) is 9.11. The van der Waals surface area contributed by atoms with Gasteiger partial charge in [0.15, 0.2) is 0 Å². The second-order valence-electron chi connectivity index (χ2n) is 6.28. The molecule has 0 atom stereocenters. The Labute approximate surface area is 158 Å². The Morgan fingerprint density at radius 1 is 1.07 bits per heavy atom. The molecule has 7 heteroatoms. The van der Waals surface area contributed by atoms with Gasteiger partial charge in [-0.05, 0) is 49.3 Å². The maximum atomic E-state index is 11.8. The normalized spacial score (nSPS) is 10.7. The molecule has 2 aromatic carbocycles. The summed E-state index contributed by atoms with van der Waals surface area (Å²) in [5.41, 5.74) is 2.93. The highest BCUT2D eigenvalue weighted by atomic mass is 16.1. The lowest BCUT2D eigenvalue weighted by atomic mass is 10.1. The molecule has 3 aromatic rings. The fourth-order valence-corrected chi connectivity index (χ4v) is 2.67. The van der Waals surface area contributed by atoms with Crippen LogP contribution >= 0.6 is 0 Å². The zero-order chi connectivity index (χ0) is 18.9. The Bertz CT molecular complexity index is 844. The van der Waals surface area contributed by atoms with Crippen LogP contribution in [0.25, 0.3) is 11.4 Å². The van der Waals surface area contributed by atoms with Gasteiger partial charge in [-0.15, -0.1) is 10.2 Å². The molecule has 1 heterocycles. The minimum atomic E-state index is 0.0401. The van der Waals surface area contributed by atoms with Crippen molar-refractivity contribution in [1.82, 2.24) is 25.5 Å². The predicted octanol–water partition coefficient (Wildman–Crippen LogP) is 2.52. The molecule has 0 unspecified atom stereocenters. The van der Waals surface area contributed by atoms with Gasteiger partial charge in [-0.1, -0.05) is 42.5 Å². The monoisotopic (exact) mass is 364 g/mol. The number of hydrogen-bond donors (Lipinski definition) is 2. The fourth-order valence-electron chi connectivity index (χ4n) is 2.67. The van der Waals surface area contributed by atoms with Crippen LogP contribution in [0.4, 0.5) is 5.69 Å². The molecule has 0 radical (unpaired) electrons. The summed E-state index contributed by atoms with van der Waals surface area (Å²) < 4.78 is 0. The van der Waals surface area contributed by atoms with E-state index in [1.54, 1.807) is 4.80 Å². The van der Waals surface area contributed by atoms with E-state index in [2.05, 4.69) is 26.0 Å². The highest BCUT2D eigenvalue weighted by Gasteiger charge is 2.06. The van der Waals surface area contributed by atoms with Crippen LogP contribution in [-0.2, 0) is 17.8 Å². The molecule has 1 aromatic heterocycles. The van der Waals surface area contributed by atoms with Gasteiger partial charge in [0.2, 0.25) is 11.7 Å². The quantitative estimate of drug-likeness (QED) is 0.570. The number of anilines is 1. The number of carbonyl (C=O) groups is 1. The lowest BCUT2D eigenvalue weighted by Gasteiger charge is -2.06. The number of carbonyl (C=O) groups excluding carboxylic acids is 1. The van der Waals surface area contributed by atoms with Crippen LogP contribution in [0.1, 0.15) is 18.4 Å². The lowest BCUT2D eigenvalue weighted by Crippen LogP contribution is -2.15. The Balaban J connectivity index is 1.49. The number of aryl methyl sites for hydroxylation is 2. The van der Waals surface area contributed by atoms with Crippen molar-refractivity contribution in [2.45, 2.75) is 25.8 Å². The number of nitrogens with one attached hydrogen (secondary N) is 2. The molecule has 1 amide bonds. The van der Waals surface area contributed by atoms with E-state index in [-0.39, 0.29) is 5.91 Å². The molecule has 3 rings (SSSR count). The van der Waals surface area contributed by atoms with Crippen molar-refractivity contribution in [3.05, 3.63) is 60.2 Å². The van der Waals surface area contributed by atoms with Crippen LogP contribution in [0.15, 0.2) is 54.6 Å². The van der Waals surface area contributed by atoms with E-state index in [1.165, 1.54) is 0 Å². The van der Waals surface area contributed by atoms with Crippen molar-refractivity contribution >= 4 is 11.6 Å². The van der Waals surface area contributed by atoms with E-state index in [1.807, 2.05) is 61.6 Å². The smallest absolute Gasteiger partial charge is 0.224 e. The SMILES string of the molecule is CNCCCC(=O)Nc1ccc(CCn2nnc(-c3ccccc3)n2)cc1. The molecule has 7 nitrogen and oxygen atoms in total. The summed E-state index contributed by atoms with van der Waals surface area (Å²) in [5, 5.41) is 18.6. The fraction of sp³-hybridized carbons (Fsp3) is 0.300. The van der Waals surface area contributed by atoms with Crippen molar-refractivity contribution in [1.29, 1.82) is 0 Å². The Hall–Kier alpha value is -3.06. The van der Waals surface area contributed by atoms with Crippen molar-refractivity contribution < 1.29 is 4.79 Å². The number of benzene rings is 2. The highest BCUT2D eigenvalue weighted by Crippen LogP contribution is 2.13. The van der Waals surface area contributed by atoms with E-state index >= 15 is 0 Å². The Morgan fingerprint density at radius 3 is 2.59 bits per heavy atom. The van der Waals surface area contributed by atoms with Crippen molar-refractivity contribution in [2.75, 3.05) is 18.9 Å². The first-order chi connectivity index (χ1) is 13.2. The van der Waals surface area contributed by atoms with E-state index in [0.717, 1.165) is 36.2 Å². The molecule has 27 heavy (non-hydrogen) atoms. The first kappa shape index (κ1) is 18.7. The van der Waals surface area contributed by atoms with Gasteiger partial charge in [0.1, 0.15) is 0 Å². The predicted molar refractivity (Wildman–Crippen MR) is 105 cm³/mol. The number of tetrazole rings is 1. The average Bonchev–Trinajstić information content (AvgIpc) is 3.17. The number of rotatable bonds is 9. The standard InChI is InChI=1S/C20H24N6O/c1-21-14-5-8-19(27)22-18-11-9-16(10-12-18)13-15-26-24-20(23-25-26)17-6-3-2-4-7-17/h2-4,6-7,9-12,21H,5,8,13-15H2,1H3,(H,22,27). The molecular formula is C20H24N6O. The summed E-state index contributed by atoms with van der Waals surface area (Å²) in [7, 11) is 1.88. The van der Waals surface area contributed by atoms with Gasteiger partial charge in [-0.25, -0.2) is 0 Å². The first-order valence-corrected chi connectivity index (χ1v) is 9.11. The van der Waals surface area contributed by atoms with E-state index < -0.39 is 0 Å². The summed E-state index contributed by atoms with van der Waals surface area (Å²) >= 11 is 0. The molecule has 140 valence electrons. The summed E-state index contributed by atoms with van der Waals surface area (Å²) in [6.07, 6.45) is 2.14. The van der Waals surface area contributed by atoms with Gasteiger partial charge >= 0.3 is 0 Å². The highest BCUT2D eigenvalue weighted by molar-refractivity contribution is 5.90. The number of amides is 1. The van der Waals surface area contributed by atoms with Gasteiger partial charge in [0.25, 0.3) is 0 Å². The summed E-state index contributed by atoms with van der Waals surface area (Å²) in [4.78, 5) is 13.4. The molecule has 0 saturated heterocycles. The second-order valence-corrected chi connectivity index (χ2v) is 6.28. The van der Waals surface area contributed by atoms with Crippen LogP contribution < -0.4 is 10.6 Å². The van der Waals surface area contributed by atoms with E-state index in [9.17, 15) is 4.79 Å². The molecular weight excluding hydrogens is 340 g/mol. The third-order valence-corrected chi connectivity index (χ3v) is 4.15. The van der Waals surface area contributed by atoms with Crippen molar-refractivity contribution in [3.8, 4) is 11.4 Å². The number of nitrogens with zero attached hydrogens (tertiary/aromatic N) is 4. The van der Waals surface area contributed by atoms with Crippen LogP contribution in [0, 0.1) is 0 Å². The number of hydrogen-bond acceptors (Lipinski definition) is 5. The van der Waals surface area contributed by atoms with Gasteiger partial charge < -0.3 is 10.6 Å². The zero-order valence-electron chi connectivity index (χ0n) is 15.4. The third kappa shape index (κ3) is 5.72. The van der Waals surface area contributed by atoms with E-state index in [0.29, 0.717) is 18.8 Å². The number of aromatic nitrogens is 4. The van der Waals surface area contributed by atoms with Crippen LogP contribution in [-0.4, -0.2) is 39.7 Å². The molecule has 0 fully saturated rings. The van der Waals surface area contributed by atoms with Crippen LogP contribution in [0.3, 0.4) is 0 Å². The molecule has 0 spiro atoms. The van der Waals surface area contributed by atoms with Crippen LogP contribution in [0.2, 0.25) is 0 Å². The van der Waals surface area contributed by atoms with Gasteiger partial charge in [0.05, 0.1) is 6.54 Å². The second kappa shape index (κ2) is 9.59. The summed E-state index contributed by atoms with van der Waals surface area (Å²) in [6.45, 7) is 1.49. The van der Waals surface area contributed by atoms with Crippen molar-refractivity contribution in [2.24, 2.45) is 0 Å². The van der Waals surface area contributed by atoms with Gasteiger partial charge in [0, 0.05) is 17.7 Å². The molecule has 0 aliphatic carbocycles. The lowest BCUT2D eigenvalue weighted by molar-refractivity contribution is -0.116. The minimum Gasteiger partial charge on any atom is -0.326 e. The molecule has 2 N–H and O–H groups in total. The Morgan fingerprint density at radius 2 is 1.85 bits per heavy atom. The van der Waals surface area contributed by atoms with Crippen molar-refractivity contribution in [3.63, 3.8) is 0 Å². The molecule has 0 bridgehead atoms. The molecule has 0 aliphatic rings. The Kier molecular flexibility index (Phi) is 6.65.